The fourth-order valence-electron chi connectivity index (χ4n) is 2.93. The zero-order valence-corrected chi connectivity index (χ0v) is 20.3. The first-order valence-corrected chi connectivity index (χ1v) is 10.0. The lowest BCUT2D eigenvalue weighted by molar-refractivity contribution is 0.0347. The molecule has 0 aromatic heterocycles. The average molecular weight is 518 g/mol. The third-order valence-electron chi connectivity index (χ3n) is 4.45. The number of nitrogens with zero attached hydrogens (tertiary/aromatic N) is 2. The van der Waals surface area contributed by atoms with Gasteiger partial charge < -0.3 is 25.0 Å². The van der Waals surface area contributed by atoms with Crippen molar-refractivity contribution in [3.63, 3.8) is 0 Å². The number of hydrogen-bond donors (Lipinski definition) is 2. The number of rotatable bonds is 9. The lowest BCUT2D eigenvalue weighted by Crippen LogP contribution is -2.44. The van der Waals surface area contributed by atoms with Gasteiger partial charge in [-0.05, 0) is 44.4 Å². The second-order valence-corrected chi connectivity index (χ2v) is 7.27. The van der Waals surface area contributed by atoms with Crippen LogP contribution in [0, 0.1) is 0 Å². The van der Waals surface area contributed by atoms with Crippen molar-refractivity contribution in [3.8, 4) is 0 Å². The summed E-state index contributed by atoms with van der Waals surface area (Å²) in [6.45, 7) is 7.66. The molecule has 1 heterocycles. The highest BCUT2D eigenvalue weighted by atomic mass is 127. The van der Waals surface area contributed by atoms with Gasteiger partial charge in [-0.2, -0.15) is 0 Å². The molecule has 1 aromatic carbocycles. The average Bonchev–Trinajstić information content (AvgIpc) is 3.20. The normalized spacial score (nSPS) is 17.4. The quantitative estimate of drug-likeness (QED) is 0.298. The number of carbonyl (C=O) groups is 1. The number of ether oxygens (including phenoxy) is 2. The zero-order valence-electron chi connectivity index (χ0n) is 17.9. The van der Waals surface area contributed by atoms with Gasteiger partial charge in [-0.1, -0.05) is 12.1 Å². The van der Waals surface area contributed by atoms with E-state index in [0.29, 0.717) is 25.3 Å². The minimum absolute atomic E-state index is 0. The zero-order chi connectivity index (χ0) is 20.4. The van der Waals surface area contributed by atoms with Crippen molar-refractivity contribution in [2.24, 2.45) is 4.99 Å². The summed E-state index contributed by atoms with van der Waals surface area (Å²) >= 11 is 0. The maximum Gasteiger partial charge on any atom is 0.253 e. The Balaban J connectivity index is 0.00000420. The molecule has 2 atom stereocenters. The van der Waals surface area contributed by atoms with Crippen molar-refractivity contribution >= 4 is 35.8 Å². The first-order chi connectivity index (χ1) is 13.5. The molecule has 164 valence electrons. The number of aliphatic imine (C=N–C) groups is 1. The monoisotopic (exact) mass is 518 g/mol. The van der Waals surface area contributed by atoms with E-state index in [-0.39, 0.29) is 42.0 Å². The van der Waals surface area contributed by atoms with Crippen LogP contribution in [0.15, 0.2) is 29.3 Å². The molecule has 0 radical (unpaired) electrons. The molecule has 1 aromatic rings. The fraction of sp³-hybridized carbons (Fsp3) is 0.619. The highest BCUT2D eigenvalue weighted by Gasteiger charge is 2.17. The topological polar surface area (TPSA) is 75.2 Å². The molecule has 1 aliphatic rings. The summed E-state index contributed by atoms with van der Waals surface area (Å²) in [7, 11) is 3.52. The molecule has 2 unspecified atom stereocenters. The van der Waals surface area contributed by atoms with Gasteiger partial charge in [0.25, 0.3) is 5.91 Å². The van der Waals surface area contributed by atoms with E-state index >= 15 is 0 Å². The molecule has 2 N–H and O–H groups in total. The summed E-state index contributed by atoms with van der Waals surface area (Å²) in [5.74, 6) is 0.795. The summed E-state index contributed by atoms with van der Waals surface area (Å²) in [5.41, 5.74) is 1.81. The number of guanidine groups is 1. The Morgan fingerprint density at radius 3 is 2.86 bits per heavy atom. The summed E-state index contributed by atoms with van der Waals surface area (Å²) in [6, 6.07) is 7.89. The lowest BCUT2D eigenvalue weighted by atomic mass is 10.1. The molecule has 1 aliphatic heterocycles. The van der Waals surface area contributed by atoms with Crippen LogP contribution in [0.1, 0.15) is 36.2 Å². The Morgan fingerprint density at radius 2 is 2.21 bits per heavy atom. The third kappa shape index (κ3) is 9.31. The number of benzene rings is 1. The minimum atomic E-state index is 0. The molecule has 0 bridgehead atoms. The van der Waals surface area contributed by atoms with E-state index in [1.165, 1.54) is 0 Å². The third-order valence-corrected chi connectivity index (χ3v) is 4.45. The summed E-state index contributed by atoms with van der Waals surface area (Å²) in [6.07, 6.45) is 1.95. The maximum absolute atomic E-state index is 12.1. The van der Waals surface area contributed by atoms with E-state index in [2.05, 4.69) is 22.5 Å². The van der Waals surface area contributed by atoms with E-state index in [4.69, 9.17) is 9.47 Å². The van der Waals surface area contributed by atoms with E-state index in [1.807, 2.05) is 31.2 Å². The number of hydrogen-bond acceptors (Lipinski definition) is 4. The summed E-state index contributed by atoms with van der Waals surface area (Å²) in [5, 5.41) is 6.66. The second-order valence-electron chi connectivity index (χ2n) is 7.27. The second kappa shape index (κ2) is 13.8. The summed E-state index contributed by atoms with van der Waals surface area (Å²) < 4.78 is 11.2. The largest absolute Gasteiger partial charge is 0.379 e. The van der Waals surface area contributed by atoms with Crippen molar-refractivity contribution in [2.75, 3.05) is 47.0 Å². The number of carbonyl (C=O) groups excluding carboxylic acids is 1. The molecule has 2 rings (SSSR count). The van der Waals surface area contributed by atoms with E-state index in [1.54, 1.807) is 19.0 Å². The predicted octanol–water partition coefficient (Wildman–Crippen LogP) is 2.30. The van der Waals surface area contributed by atoms with E-state index < -0.39 is 0 Å². The molecule has 8 heteroatoms. The van der Waals surface area contributed by atoms with Crippen molar-refractivity contribution in [1.82, 2.24) is 15.5 Å². The van der Waals surface area contributed by atoms with Gasteiger partial charge in [0.2, 0.25) is 0 Å². The minimum Gasteiger partial charge on any atom is -0.379 e. The Kier molecular flexibility index (Phi) is 12.2. The van der Waals surface area contributed by atoms with Crippen LogP contribution in [-0.4, -0.2) is 75.9 Å². The Hall–Kier alpha value is -1.39. The summed E-state index contributed by atoms with van der Waals surface area (Å²) in [4.78, 5) is 18.3. The van der Waals surface area contributed by atoms with Crippen LogP contribution in [0.2, 0.25) is 0 Å². The lowest BCUT2D eigenvalue weighted by Gasteiger charge is -2.19. The van der Waals surface area contributed by atoms with Gasteiger partial charge in [-0.15, -0.1) is 24.0 Å². The van der Waals surface area contributed by atoms with Gasteiger partial charge in [-0.25, -0.2) is 0 Å². The van der Waals surface area contributed by atoms with Crippen LogP contribution in [0.4, 0.5) is 0 Å². The van der Waals surface area contributed by atoms with Gasteiger partial charge >= 0.3 is 0 Å². The van der Waals surface area contributed by atoms with Crippen LogP contribution in [0.25, 0.3) is 0 Å². The molecule has 0 saturated carbocycles. The number of nitrogens with one attached hydrogen (secondary N) is 2. The highest BCUT2D eigenvalue weighted by Crippen LogP contribution is 2.09. The van der Waals surface area contributed by atoms with Crippen molar-refractivity contribution in [2.45, 2.75) is 38.8 Å². The van der Waals surface area contributed by atoms with Crippen LogP contribution < -0.4 is 10.6 Å². The Labute approximate surface area is 191 Å². The number of halogens is 1. The SMILES string of the molecule is CCNC(=NCCc1cccc(C(=O)N(C)C)c1)NC(C)COC1CCOC1.I. The van der Waals surface area contributed by atoms with Crippen molar-refractivity contribution in [1.29, 1.82) is 0 Å². The molecule has 1 amide bonds. The van der Waals surface area contributed by atoms with Crippen molar-refractivity contribution in [3.05, 3.63) is 35.4 Å². The molecular formula is C21H35IN4O3. The van der Waals surface area contributed by atoms with Crippen LogP contribution in [0.3, 0.4) is 0 Å². The molecular weight excluding hydrogens is 483 g/mol. The Bertz CT molecular complexity index is 649. The van der Waals surface area contributed by atoms with Crippen molar-refractivity contribution < 1.29 is 14.3 Å². The first kappa shape index (κ1) is 25.6. The standard InChI is InChI=1S/C21H34N4O3.HI/c1-5-22-21(24-16(2)14-28-19-10-12-27-15-19)23-11-9-17-7-6-8-18(13-17)20(26)25(3)4;/h6-8,13,16,19H,5,9-12,14-15H2,1-4H3,(H2,22,23,24);1H. The number of amides is 1. The van der Waals surface area contributed by atoms with Gasteiger partial charge in [-0.3, -0.25) is 9.79 Å². The molecule has 1 fully saturated rings. The Morgan fingerprint density at radius 1 is 1.41 bits per heavy atom. The van der Waals surface area contributed by atoms with Crippen LogP contribution in [-0.2, 0) is 15.9 Å². The van der Waals surface area contributed by atoms with E-state index in [0.717, 1.165) is 37.5 Å². The smallest absolute Gasteiger partial charge is 0.253 e. The highest BCUT2D eigenvalue weighted by molar-refractivity contribution is 14.0. The predicted molar refractivity (Wildman–Crippen MR) is 127 cm³/mol. The van der Waals surface area contributed by atoms with Crippen LogP contribution >= 0.6 is 24.0 Å². The van der Waals surface area contributed by atoms with Gasteiger partial charge in [0.05, 0.1) is 19.3 Å². The van der Waals surface area contributed by atoms with E-state index in [9.17, 15) is 4.79 Å². The molecule has 1 saturated heterocycles. The maximum atomic E-state index is 12.1. The molecule has 29 heavy (non-hydrogen) atoms. The van der Waals surface area contributed by atoms with Crippen LogP contribution in [0.5, 0.6) is 0 Å². The fourth-order valence-corrected chi connectivity index (χ4v) is 2.93. The molecule has 0 spiro atoms. The van der Waals surface area contributed by atoms with Gasteiger partial charge in [0, 0.05) is 45.4 Å². The van der Waals surface area contributed by atoms with Gasteiger partial charge in [0.15, 0.2) is 5.96 Å². The molecule has 7 nitrogen and oxygen atoms in total. The molecule has 0 aliphatic carbocycles. The first-order valence-electron chi connectivity index (χ1n) is 10.0. The van der Waals surface area contributed by atoms with Gasteiger partial charge in [0.1, 0.15) is 0 Å².